The molecule has 0 bridgehead atoms. The summed E-state index contributed by atoms with van der Waals surface area (Å²) < 4.78 is 0. The average molecular weight is 295 g/mol. The van der Waals surface area contributed by atoms with Crippen LogP contribution in [0, 0.1) is 0 Å². The van der Waals surface area contributed by atoms with Crippen LogP contribution in [0.2, 0.25) is 5.15 Å². The Hall–Kier alpha value is -1.66. The highest BCUT2D eigenvalue weighted by atomic mass is 35.5. The number of carbonyl (C=O) groups excluding carboxylic acids is 1. The summed E-state index contributed by atoms with van der Waals surface area (Å²) in [5, 5.41) is 5.53. The molecule has 1 fully saturated rings. The molecule has 2 aromatic rings. The number of nitrogen functional groups attached to an aromatic ring is 1. The lowest BCUT2D eigenvalue weighted by Gasteiger charge is -2.04. The van der Waals surface area contributed by atoms with E-state index in [0.29, 0.717) is 22.3 Å². The topological polar surface area (TPSA) is 80.9 Å². The quantitative estimate of drug-likeness (QED) is 0.853. The number of thiazole rings is 1. The summed E-state index contributed by atoms with van der Waals surface area (Å²) in [6.07, 6.45) is 3.74. The number of hydrogen-bond acceptors (Lipinski definition) is 5. The van der Waals surface area contributed by atoms with Crippen molar-refractivity contribution in [2.24, 2.45) is 0 Å². The van der Waals surface area contributed by atoms with E-state index in [4.69, 9.17) is 17.3 Å². The first-order valence-electron chi connectivity index (χ1n) is 5.81. The lowest BCUT2D eigenvalue weighted by atomic mass is 10.2. The van der Waals surface area contributed by atoms with E-state index in [0.717, 1.165) is 5.69 Å². The zero-order valence-electron chi connectivity index (χ0n) is 9.89. The number of nitrogens with one attached hydrogen (secondary N) is 1. The van der Waals surface area contributed by atoms with Gasteiger partial charge in [0.15, 0.2) is 5.13 Å². The second-order valence-corrected chi connectivity index (χ2v) is 5.65. The van der Waals surface area contributed by atoms with Gasteiger partial charge in [-0.1, -0.05) is 11.6 Å². The van der Waals surface area contributed by atoms with E-state index in [9.17, 15) is 4.79 Å². The van der Waals surface area contributed by atoms with Gasteiger partial charge in [0.25, 0.3) is 5.91 Å². The zero-order valence-corrected chi connectivity index (χ0v) is 11.5. The van der Waals surface area contributed by atoms with Crippen molar-refractivity contribution in [2.75, 3.05) is 11.1 Å². The maximum Gasteiger partial charge on any atom is 0.259 e. The first-order chi connectivity index (χ1) is 9.13. The fourth-order valence-corrected chi connectivity index (χ4v) is 2.66. The Morgan fingerprint density at radius 1 is 1.53 bits per heavy atom. The van der Waals surface area contributed by atoms with Crippen molar-refractivity contribution in [3.8, 4) is 0 Å². The van der Waals surface area contributed by atoms with Crippen molar-refractivity contribution in [3.05, 3.63) is 34.1 Å². The second-order valence-electron chi connectivity index (χ2n) is 4.40. The minimum Gasteiger partial charge on any atom is -0.397 e. The van der Waals surface area contributed by atoms with Crippen LogP contribution in [0.15, 0.2) is 17.6 Å². The highest BCUT2D eigenvalue weighted by Gasteiger charge is 2.26. The molecule has 1 aliphatic carbocycles. The monoisotopic (exact) mass is 294 g/mol. The third kappa shape index (κ3) is 2.69. The van der Waals surface area contributed by atoms with Gasteiger partial charge in [-0.2, -0.15) is 0 Å². The molecule has 0 spiro atoms. The molecule has 0 aliphatic heterocycles. The van der Waals surface area contributed by atoms with Crippen LogP contribution in [-0.2, 0) is 0 Å². The number of rotatable bonds is 3. The molecule has 1 aliphatic rings. The van der Waals surface area contributed by atoms with Crippen molar-refractivity contribution in [1.29, 1.82) is 0 Å². The molecule has 5 nitrogen and oxygen atoms in total. The molecular formula is C12H11ClN4OS. The van der Waals surface area contributed by atoms with Gasteiger partial charge in [-0.3, -0.25) is 10.1 Å². The lowest BCUT2D eigenvalue weighted by molar-refractivity contribution is 0.102. The van der Waals surface area contributed by atoms with Crippen molar-refractivity contribution < 1.29 is 4.79 Å². The normalized spacial score (nSPS) is 14.4. The van der Waals surface area contributed by atoms with Crippen LogP contribution in [0.5, 0.6) is 0 Å². The van der Waals surface area contributed by atoms with Gasteiger partial charge in [0, 0.05) is 11.3 Å². The molecule has 7 heteroatoms. The number of pyridine rings is 1. The molecule has 0 atom stereocenters. The van der Waals surface area contributed by atoms with Gasteiger partial charge < -0.3 is 5.73 Å². The first-order valence-corrected chi connectivity index (χ1v) is 7.07. The van der Waals surface area contributed by atoms with Gasteiger partial charge in [0.2, 0.25) is 0 Å². The first kappa shape index (κ1) is 12.4. The molecule has 0 radical (unpaired) electrons. The van der Waals surface area contributed by atoms with Crippen molar-refractivity contribution in [3.63, 3.8) is 0 Å². The smallest absolute Gasteiger partial charge is 0.259 e. The van der Waals surface area contributed by atoms with Crippen LogP contribution in [0.3, 0.4) is 0 Å². The van der Waals surface area contributed by atoms with Crippen molar-refractivity contribution in [1.82, 2.24) is 9.97 Å². The number of nitrogens with two attached hydrogens (primary N) is 1. The van der Waals surface area contributed by atoms with Crippen LogP contribution in [-0.4, -0.2) is 15.9 Å². The van der Waals surface area contributed by atoms with Crippen LogP contribution < -0.4 is 11.1 Å². The summed E-state index contributed by atoms with van der Waals surface area (Å²) in [5.74, 6) is 0.251. The standard InChI is InChI=1S/C12H11ClN4OS/c13-10-3-7(8(14)4-15-10)11(18)17-12-16-9(5-19-12)6-1-2-6/h3-6H,1-2,14H2,(H,16,17,18). The summed E-state index contributed by atoms with van der Waals surface area (Å²) in [7, 11) is 0. The SMILES string of the molecule is Nc1cnc(Cl)cc1C(=O)Nc1nc(C2CC2)cs1. The summed E-state index contributed by atoms with van der Waals surface area (Å²) in [5.41, 5.74) is 7.37. The largest absolute Gasteiger partial charge is 0.397 e. The van der Waals surface area contributed by atoms with Crippen molar-refractivity contribution in [2.45, 2.75) is 18.8 Å². The van der Waals surface area contributed by atoms with Crippen LogP contribution in [0.25, 0.3) is 0 Å². The molecule has 1 saturated carbocycles. The minimum atomic E-state index is -0.321. The molecule has 0 aromatic carbocycles. The molecule has 2 heterocycles. The third-order valence-electron chi connectivity index (χ3n) is 2.88. The van der Waals surface area contributed by atoms with E-state index >= 15 is 0 Å². The van der Waals surface area contributed by atoms with Gasteiger partial charge in [-0.15, -0.1) is 11.3 Å². The Balaban J connectivity index is 1.77. The number of hydrogen-bond donors (Lipinski definition) is 2. The fraction of sp³-hybridized carbons (Fsp3) is 0.250. The predicted octanol–water partition coefficient (Wildman–Crippen LogP) is 2.90. The van der Waals surface area contributed by atoms with Gasteiger partial charge in [0.05, 0.1) is 23.1 Å². The number of halogens is 1. The van der Waals surface area contributed by atoms with Gasteiger partial charge in [0.1, 0.15) is 5.15 Å². The highest BCUT2D eigenvalue weighted by molar-refractivity contribution is 7.14. The van der Waals surface area contributed by atoms with Gasteiger partial charge in [-0.05, 0) is 18.9 Å². The summed E-state index contributed by atoms with van der Waals surface area (Å²) >= 11 is 7.18. The molecule has 2 aromatic heterocycles. The van der Waals surface area contributed by atoms with E-state index < -0.39 is 0 Å². The van der Waals surface area contributed by atoms with E-state index in [1.165, 1.54) is 36.4 Å². The Morgan fingerprint density at radius 2 is 2.32 bits per heavy atom. The van der Waals surface area contributed by atoms with Crippen molar-refractivity contribution >= 4 is 39.7 Å². The Bertz CT molecular complexity index is 638. The molecule has 1 amide bonds. The number of amides is 1. The summed E-state index contributed by atoms with van der Waals surface area (Å²) in [4.78, 5) is 20.3. The lowest BCUT2D eigenvalue weighted by Crippen LogP contribution is -2.14. The fourth-order valence-electron chi connectivity index (χ4n) is 1.71. The van der Waals surface area contributed by atoms with Crippen LogP contribution in [0.4, 0.5) is 10.8 Å². The predicted molar refractivity (Wildman–Crippen MR) is 75.7 cm³/mol. The maximum absolute atomic E-state index is 12.1. The molecule has 0 unspecified atom stereocenters. The average Bonchev–Trinajstić information content (AvgIpc) is 3.13. The zero-order chi connectivity index (χ0) is 13.4. The number of nitrogens with zero attached hydrogens (tertiary/aromatic N) is 2. The van der Waals surface area contributed by atoms with Gasteiger partial charge >= 0.3 is 0 Å². The summed E-state index contributed by atoms with van der Waals surface area (Å²) in [6, 6.07) is 1.45. The van der Waals surface area contributed by atoms with E-state index in [1.807, 2.05) is 5.38 Å². The number of carbonyl (C=O) groups is 1. The van der Waals surface area contributed by atoms with E-state index in [2.05, 4.69) is 15.3 Å². The molecule has 19 heavy (non-hydrogen) atoms. The maximum atomic E-state index is 12.1. The van der Waals surface area contributed by atoms with Crippen LogP contribution >= 0.6 is 22.9 Å². The number of aromatic nitrogens is 2. The second kappa shape index (κ2) is 4.79. The molecule has 98 valence electrons. The Labute approximate surface area is 118 Å². The molecule has 0 saturated heterocycles. The van der Waals surface area contributed by atoms with Gasteiger partial charge in [-0.25, -0.2) is 9.97 Å². The Kier molecular flexibility index (Phi) is 3.12. The Morgan fingerprint density at radius 3 is 3.05 bits per heavy atom. The highest BCUT2D eigenvalue weighted by Crippen LogP contribution is 2.40. The van der Waals surface area contributed by atoms with E-state index in [1.54, 1.807) is 0 Å². The van der Waals surface area contributed by atoms with Crippen LogP contribution in [0.1, 0.15) is 34.8 Å². The number of anilines is 2. The minimum absolute atomic E-state index is 0.233. The summed E-state index contributed by atoms with van der Waals surface area (Å²) in [6.45, 7) is 0. The third-order valence-corrected chi connectivity index (χ3v) is 3.87. The molecular weight excluding hydrogens is 284 g/mol. The molecule has 3 N–H and O–H groups in total. The molecule has 3 rings (SSSR count). The van der Waals surface area contributed by atoms with E-state index in [-0.39, 0.29) is 11.1 Å².